The van der Waals surface area contributed by atoms with Crippen molar-refractivity contribution < 1.29 is 9.59 Å². The normalized spacial score (nSPS) is 29.6. The average molecular weight is 258 g/mol. The molecule has 1 N–H and O–H groups in total. The van der Waals surface area contributed by atoms with Gasteiger partial charge in [-0.05, 0) is 31.4 Å². The molecule has 4 heteroatoms. The number of rotatable bonds is 2. The van der Waals surface area contributed by atoms with Gasteiger partial charge < -0.3 is 10.2 Å². The summed E-state index contributed by atoms with van der Waals surface area (Å²) in [6, 6.07) is 8.03. The Bertz CT molecular complexity index is 555. The number of benzene rings is 1. The standard InChI is InChI=1S/C15H18N2O2/c1-15(9-10-7-8-13(18)16-10)11-5-3-4-6-12(11)17(2)14(15)19/h3-6,10H,7-9H2,1-2H3,(H,16,18)/t10-,15+/m1/s1. The van der Waals surface area contributed by atoms with Crippen molar-refractivity contribution in [3.8, 4) is 0 Å². The molecule has 100 valence electrons. The monoisotopic (exact) mass is 258 g/mol. The highest BCUT2D eigenvalue weighted by Gasteiger charge is 2.47. The van der Waals surface area contributed by atoms with Gasteiger partial charge in [0.1, 0.15) is 0 Å². The molecule has 1 aromatic rings. The zero-order chi connectivity index (χ0) is 13.6. The van der Waals surface area contributed by atoms with Crippen molar-refractivity contribution in [3.63, 3.8) is 0 Å². The zero-order valence-corrected chi connectivity index (χ0v) is 11.3. The molecule has 4 nitrogen and oxygen atoms in total. The van der Waals surface area contributed by atoms with Crippen LogP contribution >= 0.6 is 0 Å². The molecule has 2 aliphatic rings. The molecule has 0 aliphatic carbocycles. The molecule has 1 fully saturated rings. The second kappa shape index (κ2) is 4.08. The third kappa shape index (κ3) is 1.74. The average Bonchev–Trinajstić information content (AvgIpc) is 2.88. The predicted octanol–water partition coefficient (Wildman–Crippen LogP) is 1.59. The van der Waals surface area contributed by atoms with E-state index >= 15 is 0 Å². The highest BCUT2D eigenvalue weighted by Crippen LogP contribution is 2.44. The SMILES string of the molecule is CN1C(=O)[C@@](C)(C[C@H]2CCC(=O)N2)c2ccccc21. The maximum atomic E-state index is 12.6. The molecule has 0 unspecified atom stereocenters. The van der Waals surface area contributed by atoms with Crippen LogP contribution in [-0.4, -0.2) is 24.9 Å². The van der Waals surface area contributed by atoms with Gasteiger partial charge in [0.25, 0.3) is 0 Å². The lowest BCUT2D eigenvalue weighted by Gasteiger charge is -2.26. The van der Waals surface area contributed by atoms with Crippen molar-refractivity contribution in [1.29, 1.82) is 0 Å². The van der Waals surface area contributed by atoms with Gasteiger partial charge in [-0.2, -0.15) is 0 Å². The highest BCUT2D eigenvalue weighted by molar-refractivity contribution is 6.07. The fraction of sp³-hybridized carbons (Fsp3) is 0.467. The first-order chi connectivity index (χ1) is 9.02. The molecule has 0 spiro atoms. The van der Waals surface area contributed by atoms with Gasteiger partial charge in [-0.15, -0.1) is 0 Å². The molecule has 0 radical (unpaired) electrons. The fourth-order valence-electron chi connectivity index (χ4n) is 3.35. The number of likely N-dealkylation sites (N-methyl/N-ethyl adjacent to an activating group) is 1. The summed E-state index contributed by atoms with van der Waals surface area (Å²) >= 11 is 0. The number of fused-ring (bicyclic) bond motifs is 1. The van der Waals surface area contributed by atoms with Crippen molar-refractivity contribution in [2.45, 2.75) is 37.6 Å². The van der Waals surface area contributed by atoms with Crippen molar-refractivity contribution >= 4 is 17.5 Å². The largest absolute Gasteiger partial charge is 0.353 e. The molecular formula is C15H18N2O2. The Morgan fingerprint density at radius 3 is 2.79 bits per heavy atom. The summed E-state index contributed by atoms with van der Waals surface area (Å²) in [5.41, 5.74) is 1.54. The number of amides is 2. The van der Waals surface area contributed by atoms with Crippen molar-refractivity contribution in [3.05, 3.63) is 29.8 Å². The van der Waals surface area contributed by atoms with Gasteiger partial charge in [0, 0.05) is 25.2 Å². The molecule has 19 heavy (non-hydrogen) atoms. The lowest BCUT2D eigenvalue weighted by Crippen LogP contribution is -2.41. The second-order valence-electron chi connectivity index (χ2n) is 5.72. The minimum Gasteiger partial charge on any atom is -0.353 e. The van der Waals surface area contributed by atoms with Gasteiger partial charge >= 0.3 is 0 Å². The summed E-state index contributed by atoms with van der Waals surface area (Å²) in [7, 11) is 1.82. The van der Waals surface area contributed by atoms with Crippen LogP contribution in [-0.2, 0) is 15.0 Å². The van der Waals surface area contributed by atoms with Crippen LogP contribution in [0.15, 0.2) is 24.3 Å². The Balaban J connectivity index is 1.94. The molecule has 2 atom stereocenters. The van der Waals surface area contributed by atoms with E-state index in [9.17, 15) is 9.59 Å². The van der Waals surface area contributed by atoms with E-state index in [0.717, 1.165) is 17.7 Å². The van der Waals surface area contributed by atoms with Crippen LogP contribution in [0.2, 0.25) is 0 Å². The van der Waals surface area contributed by atoms with Crippen LogP contribution in [0.25, 0.3) is 0 Å². The van der Waals surface area contributed by atoms with E-state index in [4.69, 9.17) is 0 Å². The Morgan fingerprint density at radius 2 is 2.11 bits per heavy atom. The summed E-state index contributed by atoms with van der Waals surface area (Å²) in [5.74, 6) is 0.218. The fourth-order valence-corrected chi connectivity index (χ4v) is 3.35. The van der Waals surface area contributed by atoms with E-state index in [1.807, 2.05) is 38.2 Å². The molecule has 2 aliphatic heterocycles. The van der Waals surface area contributed by atoms with Gasteiger partial charge in [0.05, 0.1) is 5.41 Å². The van der Waals surface area contributed by atoms with E-state index in [0.29, 0.717) is 12.8 Å². The van der Waals surface area contributed by atoms with Crippen molar-refractivity contribution in [2.75, 3.05) is 11.9 Å². The van der Waals surface area contributed by atoms with E-state index in [2.05, 4.69) is 5.32 Å². The summed E-state index contributed by atoms with van der Waals surface area (Å²) in [6.07, 6.45) is 2.08. The van der Waals surface area contributed by atoms with Crippen LogP contribution < -0.4 is 10.2 Å². The zero-order valence-electron chi connectivity index (χ0n) is 11.3. The van der Waals surface area contributed by atoms with Gasteiger partial charge in [0.15, 0.2) is 0 Å². The first-order valence-corrected chi connectivity index (χ1v) is 6.69. The van der Waals surface area contributed by atoms with Gasteiger partial charge in [-0.25, -0.2) is 0 Å². The predicted molar refractivity (Wildman–Crippen MR) is 73.0 cm³/mol. The maximum absolute atomic E-state index is 12.6. The first-order valence-electron chi connectivity index (χ1n) is 6.69. The molecule has 0 aromatic heterocycles. The Morgan fingerprint density at radius 1 is 1.37 bits per heavy atom. The summed E-state index contributed by atoms with van der Waals surface area (Å²) in [5, 5.41) is 2.96. The maximum Gasteiger partial charge on any atom is 0.237 e. The second-order valence-corrected chi connectivity index (χ2v) is 5.72. The Labute approximate surface area is 112 Å². The third-order valence-corrected chi connectivity index (χ3v) is 4.38. The number of para-hydroxylation sites is 1. The molecule has 3 rings (SSSR count). The van der Waals surface area contributed by atoms with E-state index in [-0.39, 0.29) is 17.9 Å². The lowest BCUT2D eigenvalue weighted by molar-refractivity contribution is -0.123. The topological polar surface area (TPSA) is 49.4 Å². The molecule has 0 bridgehead atoms. The van der Waals surface area contributed by atoms with E-state index in [1.165, 1.54) is 0 Å². The highest BCUT2D eigenvalue weighted by atomic mass is 16.2. The van der Waals surface area contributed by atoms with Gasteiger partial charge in [-0.3, -0.25) is 9.59 Å². The number of nitrogens with zero attached hydrogens (tertiary/aromatic N) is 1. The van der Waals surface area contributed by atoms with Crippen LogP contribution in [0.4, 0.5) is 5.69 Å². The van der Waals surface area contributed by atoms with E-state index in [1.54, 1.807) is 4.90 Å². The molecule has 2 heterocycles. The minimum atomic E-state index is -0.520. The molecule has 0 saturated carbocycles. The van der Waals surface area contributed by atoms with Gasteiger partial charge in [-0.1, -0.05) is 18.2 Å². The molecule has 1 aromatic carbocycles. The number of anilines is 1. The smallest absolute Gasteiger partial charge is 0.237 e. The van der Waals surface area contributed by atoms with Crippen LogP contribution in [0, 0.1) is 0 Å². The lowest BCUT2D eigenvalue weighted by atomic mass is 9.78. The van der Waals surface area contributed by atoms with Crippen molar-refractivity contribution in [1.82, 2.24) is 5.32 Å². The summed E-state index contributed by atoms with van der Waals surface area (Å²) in [6.45, 7) is 1.99. The van der Waals surface area contributed by atoms with Gasteiger partial charge in [0.2, 0.25) is 11.8 Å². The van der Waals surface area contributed by atoms with Crippen LogP contribution in [0.1, 0.15) is 31.7 Å². The third-order valence-electron chi connectivity index (χ3n) is 4.38. The molecule has 1 saturated heterocycles. The number of nitrogens with one attached hydrogen (secondary N) is 1. The summed E-state index contributed by atoms with van der Waals surface area (Å²) in [4.78, 5) is 25.6. The van der Waals surface area contributed by atoms with E-state index < -0.39 is 5.41 Å². The number of carbonyl (C=O) groups is 2. The molecule has 2 amide bonds. The Kier molecular flexibility index (Phi) is 2.62. The Hall–Kier alpha value is -1.84. The minimum absolute atomic E-state index is 0.0979. The number of carbonyl (C=O) groups excluding carboxylic acids is 2. The van der Waals surface area contributed by atoms with Crippen LogP contribution in [0.5, 0.6) is 0 Å². The summed E-state index contributed by atoms with van der Waals surface area (Å²) < 4.78 is 0. The quantitative estimate of drug-likeness (QED) is 0.875. The number of hydrogen-bond donors (Lipinski definition) is 1. The first kappa shape index (κ1) is 12.2. The molecular weight excluding hydrogens is 240 g/mol. The van der Waals surface area contributed by atoms with Crippen LogP contribution in [0.3, 0.4) is 0 Å². The van der Waals surface area contributed by atoms with Crippen molar-refractivity contribution in [2.24, 2.45) is 0 Å². The number of hydrogen-bond acceptors (Lipinski definition) is 2.